The van der Waals surface area contributed by atoms with Gasteiger partial charge in [-0.15, -0.1) is 22.9 Å². The molecule has 0 nitrogen and oxygen atoms in total. The Kier molecular flexibility index (Phi) is 3.01. The molecule has 0 bridgehead atoms. The maximum absolute atomic E-state index is 6.21. The molecule has 0 fully saturated rings. The number of thiophene rings is 1. The topological polar surface area (TPSA) is 0 Å². The molecule has 0 aliphatic rings. The van der Waals surface area contributed by atoms with E-state index in [0.29, 0.717) is 5.88 Å². The standard InChI is InChI=1S/C11H10Cl2S/c1-2-7-3-4-9-8(5-7)11(13)10(6-12)14-9/h3-5H,2,6H2,1H3. The minimum Gasteiger partial charge on any atom is -0.137 e. The lowest BCUT2D eigenvalue weighted by molar-refractivity contribution is 1.15. The summed E-state index contributed by atoms with van der Waals surface area (Å²) in [7, 11) is 0. The van der Waals surface area contributed by atoms with Crippen LogP contribution in [0.15, 0.2) is 18.2 Å². The summed E-state index contributed by atoms with van der Waals surface area (Å²) < 4.78 is 1.22. The molecule has 0 N–H and O–H groups in total. The first-order valence-electron chi connectivity index (χ1n) is 4.52. The van der Waals surface area contributed by atoms with Gasteiger partial charge in [-0.3, -0.25) is 0 Å². The highest BCUT2D eigenvalue weighted by Crippen LogP contribution is 2.36. The normalized spacial score (nSPS) is 11.1. The molecule has 0 saturated heterocycles. The Labute approximate surface area is 97.5 Å². The summed E-state index contributed by atoms with van der Waals surface area (Å²) in [5.41, 5.74) is 1.32. The van der Waals surface area contributed by atoms with Crippen molar-refractivity contribution in [2.24, 2.45) is 0 Å². The zero-order chi connectivity index (χ0) is 10.1. The van der Waals surface area contributed by atoms with Gasteiger partial charge in [0.05, 0.1) is 10.9 Å². The van der Waals surface area contributed by atoms with Crippen LogP contribution in [0.4, 0.5) is 0 Å². The SMILES string of the molecule is CCc1ccc2sc(CCl)c(Cl)c2c1. The number of hydrogen-bond acceptors (Lipinski definition) is 1. The average molecular weight is 245 g/mol. The molecule has 1 aromatic carbocycles. The summed E-state index contributed by atoms with van der Waals surface area (Å²) >= 11 is 13.7. The molecule has 1 heterocycles. The first kappa shape index (κ1) is 10.3. The quantitative estimate of drug-likeness (QED) is 0.663. The van der Waals surface area contributed by atoms with Gasteiger partial charge in [0.1, 0.15) is 0 Å². The predicted octanol–water partition coefficient (Wildman–Crippen LogP) is 4.86. The minimum absolute atomic E-state index is 0.500. The average Bonchev–Trinajstić information content (AvgIpc) is 2.55. The van der Waals surface area contributed by atoms with Crippen LogP contribution in [0.25, 0.3) is 10.1 Å². The highest BCUT2D eigenvalue weighted by molar-refractivity contribution is 7.20. The van der Waals surface area contributed by atoms with Gasteiger partial charge in [-0.05, 0) is 24.1 Å². The largest absolute Gasteiger partial charge is 0.137 e. The molecule has 0 radical (unpaired) electrons. The summed E-state index contributed by atoms with van der Waals surface area (Å²) in [5, 5.41) is 1.97. The Balaban J connectivity index is 2.68. The highest BCUT2D eigenvalue weighted by Gasteiger charge is 2.09. The third-order valence-corrected chi connectivity index (χ3v) is 4.43. The second-order valence-corrected chi connectivity index (χ2v) is 4.94. The van der Waals surface area contributed by atoms with Crippen molar-refractivity contribution in [3.05, 3.63) is 33.7 Å². The Morgan fingerprint density at radius 1 is 1.36 bits per heavy atom. The Bertz CT molecular complexity index is 460. The Morgan fingerprint density at radius 3 is 2.79 bits per heavy atom. The van der Waals surface area contributed by atoms with Crippen LogP contribution in [0.1, 0.15) is 17.4 Å². The number of aryl methyl sites for hydroxylation is 1. The molecule has 0 spiro atoms. The molecule has 0 aliphatic heterocycles. The third kappa shape index (κ3) is 1.65. The fourth-order valence-electron chi connectivity index (χ4n) is 1.47. The van der Waals surface area contributed by atoms with Crippen molar-refractivity contribution in [3.63, 3.8) is 0 Å². The molecular formula is C11H10Cl2S. The molecule has 0 saturated carbocycles. The van der Waals surface area contributed by atoms with E-state index in [4.69, 9.17) is 23.2 Å². The van der Waals surface area contributed by atoms with Gasteiger partial charge in [0, 0.05) is 15.0 Å². The first-order chi connectivity index (χ1) is 6.76. The summed E-state index contributed by atoms with van der Waals surface area (Å²) in [5.74, 6) is 0.500. The number of benzene rings is 1. The van der Waals surface area contributed by atoms with Crippen LogP contribution < -0.4 is 0 Å². The van der Waals surface area contributed by atoms with Crippen LogP contribution in [0.5, 0.6) is 0 Å². The van der Waals surface area contributed by atoms with Gasteiger partial charge in [-0.1, -0.05) is 24.6 Å². The van der Waals surface area contributed by atoms with Crippen LogP contribution in [-0.2, 0) is 12.3 Å². The van der Waals surface area contributed by atoms with Gasteiger partial charge in [0.2, 0.25) is 0 Å². The fraction of sp³-hybridized carbons (Fsp3) is 0.273. The van der Waals surface area contributed by atoms with Gasteiger partial charge < -0.3 is 0 Å². The third-order valence-electron chi connectivity index (χ3n) is 2.29. The lowest BCUT2D eigenvalue weighted by Gasteiger charge is -1.96. The van der Waals surface area contributed by atoms with Crippen molar-refractivity contribution < 1.29 is 0 Å². The zero-order valence-corrected chi connectivity index (χ0v) is 10.1. The van der Waals surface area contributed by atoms with E-state index in [2.05, 4.69) is 25.1 Å². The van der Waals surface area contributed by atoms with E-state index >= 15 is 0 Å². The molecule has 2 rings (SSSR count). The van der Waals surface area contributed by atoms with Gasteiger partial charge in [0.15, 0.2) is 0 Å². The molecule has 0 unspecified atom stereocenters. The van der Waals surface area contributed by atoms with Gasteiger partial charge in [-0.2, -0.15) is 0 Å². The molecule has 14 heavy (non-hydrogen) atoms. The maximum atomic E-state index is 6.21. The summed E-state index contributed by atoms with van der Waals surface area (Å²) in [4.78, 5) is 1.07. The second-order valence-electron chi connectivity index (χ2n) is 3.16. The summed E-state index contributed by atoms with van der Waals surface area (Å²) in [6.07, 6.45) is 1.04. The minimum atomic E-state index is 0.500. The van der Waals surface area contributed by atoms with E-state index in [9.17, 15) is 0 Å². The van der Waals surface area contributed by atoms with E-state index in [1.807, 2.05) is 0 Å². The predicted molar refractivity (Wildman–Crippen MR) is 65.8 cm³/mol. The van der Waals surface area contributed by atoms with Gasteiger partial charge in [-0.25, -0.2) is 0 Å². The monoisotopic (exact) mass is 244 g/mol. The van der Waals surface area contributed by atoms with Gasteiger partial charge >= 0.3 is 0 Å². The van der Waals surface area contributed by atoms with E-state index in [-0.39, 0.29) is 0 Å². The first-order valence-corrected chi connectivity index (χ1v) is 6.25. The van der Waals surface area contributed by atoms with Crippen molar-refractivity contribution in [2.75, 3.05) is 0 Å². The number of halogens is 2. The van der Waals surface area contributed by atoms with Crippen LogP contribution >= 0.6 is 34.5 Å². The van der Waals surface area contributed by atoms with Crippen molar-refractivity contribution in [2.45, 2.75) is 19.2 Å². The second kappa shape index (κ2) is 4.09. The zero-order valence-electron chi connectivity index (χ0n) is 7.81. The fourth-order valence-corrected chi connectivity index (χ4v) is 3.16. The molecule has 3 heteroatoms. The van der Waals surface area contributed by atoms with Crippen LogP contribution in [0, 0.1) is 0 Å². The molecule has 2 aromatic rings. The smallest absolute Gasteiger partial charge is 0.0636 e. The van der Waals surface area contributed by atoms with Crippen molar-refractivity contribution in [1.29, 1.82) is 0 Å². The van der Waals surface area contributed by atoms with Crippen LogP contribution in [-0.4, -0.2) is 0 Å². The summed E-state index contributed by atoms with van der Waals surface area (Å²) in [6, 6.07) is 6.43. The maximum Gasteiger partial charge on any atom is 0.0636 e. The van der Waals surface area contributed by atoms with Crippen molar-refractivity contribution >= 4 is 44.6 Å². The Morgan fingerprint density at radius 2 is 2.14 bits per heavy atom. The molecule has 1 aromatic heterocycles. The van der Waals surface area contributed by atoms with E-state index in [0.717, 1.165) is 21.7 Å². The van der Waals surface area contributed by atoms with Crippen LogP contribution in [0.3, 0.4) is 0 Å². The number of fused-ring (bicyclic) bond motifs is 1. The number of alkyl halides is 1. The molecular weight excluding hydrogens is 235 g/mol. The number of hydrogen-bond donors (Lipinski definition) is 0. The van der Waals surface area contributed by atoms with Crippen LogP contribution in [0.2, 0.25) is 5.02 Å². The summed E-state index contributed by atoms with van der Waals surface area (Å²) in [6.45, 7) is 2.14. The molecule has 0 amide bonds. The van der Waals surface area contributed by atoms with Crippen molar-refractivity contribution in [3.8, 4) is 0 Å². The van der Waals surface area contributed by atoms with Crippen molar-refractivity contribution in [1.82, 2.24) is 0 Å². The lowest BCUT2D eigenvalue weighted by Crippen LogP contribution is -1.77. The molecule has 0 aliphatic carbocycles. The van der Waals surface area contributed by atoms with E-state index in [1.165, 1.54) is 10.3 Å². The molecule has 0 atom stereocenters. The highest BCUT2D eigenvalue weighted by atomic mass is 35.5. The lowest BCUT2D eigenvalue weighted by atomic mass is 10.1. The number of rotatable bonds is 2. The van der Waals surface area contributed by atoms with E-state index in [1.54, 1.807) is 11.3 Å². The van der Waals surface area contributed by atoms with Gasteiger partial charge in [0.25, 0.3) is 0 Å². The Hall–Kier alpha value is -0.240. The molecule has 74 valence electrons. The van der Waals surface area contributed by atoms with E-state index < -0.39 is 0 Å².